The van der Waals surface area contributed by atoms with Gasteiger partial charge in [-0.1, -0.05) is 58.9 Å². The first-order valence-corrected chi connectivity index (χ1v) is 8.38. The summed E-state index contributed by atoms with van der Waals surface area (Å²) in [6.07, 6.45) is 1.86. The molecule has 1 aliphatic rings. The second-order valence-electron chi connectivity index (χ2n) is 8.20. The van der Waals surface area contributed by atoms with Crippen molar-refractivity contribution in [2.45, 2.75) is 45.4 Å². The van der Waals surface area contributed by atoms with E-state index in [0.717, 1.165) is 11.2 Å². The van der Waals surface area contributed by atoms with Gasteiger partial charge in [-0.15, -0.1) is 0 Å². The highest BCUT2D eigenvalue weighted by Crippen LogP contribution is 2.49. The zero-order valence-corrected chi connectivity index (χ0v) is 14.8. The maximum Gasteiger partial charge on any atom is 0.352 e. The molecule has 4 rings (SSSR count). The Bertz CT molecular complexity index is 1040. The lowest BCUT2D eigenvalue weighted by molar-refractivity contribution is 0.563. The summed E-state index contributed by atoms with van der Waals surface area (Å²) in [5.74, 6) is 0. The van der Waals surface area contributed by atoms with Crippen molar-refractivity contribution in [3.8, 4) is 11.1 Å². The van der Waals surface area contributed by atoms with Crippen molar-refractivity contribution < 1.29 is 0 Å². The van der Waals surface area contributed by atoms with Crippen LogP contribution in [0.25, 0.3) is 16.6 Å². The van der Waals surface area contributed by atoms with Gasteiger partial charge < -0.3 is 0 Å². The van der Waals surface area contributed by atoms with Gasteiger partial charge in [-0.3, -0.25) is 4.40 Å². The van der Waals surface area contributed by atoms with E-state index in [1.807, 2.05) is 6.20 Å². The van der Waals surface area contributed by atoms with Crippen LogP contribution in [0.3, 0.4) is 0 Å². The van der Waals surface area contributed by atoms with Crippen molar-refractivity contribution >= 4 is 5.52 Å². The number of benzene rings is 1. The van der Waals surface area contributed by atoms with Crippen molar-refractivity contribution in [3.63, 3.8) is 0 Å². The van der Waals surface area contributed by atoms with Crippen LogP contribution < -0.4 is 5.69 Å². The summed E-state index contributed by atoms with van der Waals surface area (Å²) in [5.41, 5.74) is 6.34. The Morgan fingerprint density at radius 3 is 2.46 bits per heavy atom. The van der Waals surface area contributed by atoms with E-state index in [1.54, 1.807) is 4.40 Å². The van der Waals surface area contributed by atoms with Crippen LogP contribution in [0.15, 0.2) is 47.4 Å². The number of hydrogen-bond acceptors (Lipinski definition) is 2. The summed E-state index contributed by atoms with van der Waals surface area (Å²) in [6.45, 7) is 10.8. The molecule has 0 saturated heterocycles. The van der Waals surface area contributed by atoms with E-state index < -0.39 is 0 Å². The summed E-state index contributed by atoms with van der Waals surface area (Å²) in [6, 6.07) is 12.7. The Morgan fingerprint density at radius 1 is 1.04 bits per heavy atom. The first-order chi connectivity index (χ1) is 11.2. The van der Waals surface area contributed by atoms with Crippen LogP contribution in [0.1, 0.15) is 51.4 Å². The predicted molar refractivity (Wildman–Crippen MR) is 97.7 cm³/mol. The van der Waals surface area contributed by atoms with E-state index >= 15 is 0 Å². The maximum absolute atomic E-state index is 12.6. The minimum atomic E-state index is -0.206. The highest BCUT2D eigenvalue weighted by Gasteiger charge is 2.36. The van der Waals surface area contributed by atoms with E-state index in [4.69, 9.17) is 0 Å². The van der Waals surface area contributed by atoms with Gasteiger partial charge in [0.1, 0.15) is 0 Å². The number of fused-ring (bicyclic) bond motifs is 5. The monoisotopic (exact) mass is 318 g/mol. The topological polar surface area (TPSA) is 34.4 Å². The molecule has 0 atom stereocenters. The normalized spacial score (nSPS) is 15.4. The fourth-order valence-electron chi connectivity index (χ4n) is 3.78. The van der Waals surface area contributed by atoms with Gasteiger partial charge in [-0.2, -0.15) is 4.98 Å². The van der Waals surface area contributed by atoms with Crippen LogP contribution in [0.2, 0.25) is 0 Å². The minimum absolute atomic E-state index is 0.0606. The largest absolute Gasteiger partial charge is 0.352 e. The Kier molecular flexibility index (Phi) is 2.88. The predicted octanol–water partition coefficient (Wildman–Crippen LogP) is 4.30. The molecule has 2 heterocycles. The van der Waals surface area contributed by atoms with E-state index in [1.165, 1.54) is 22.3 Å². The van der Waals surface area contributed by atoms with Crippen LogP contribution in [0, 0.1) is 0 Å². The van der Waals surface area contributed by atoms with Crippen LogP contribution in [-0.4, -0.2) is 9.38 Å². The van der Waals surface area contributed by atoms with Gasteiger partial charge in [0.25, 0.3) is 0 Å². The number of rotatable bonds is 0. The summed E-state index contributed by atoms with van der Waals surface area (Å²) in [5, 5.41) is 0. The molecule has 3 aromatic rings. The number of hydrogen-bond donors (Lipinski definition) is 0. The van der Waals surface area contributed by atoms with Crippen LogP contribution in [0.4, 0.5) is 0 Å². The second kappa shape index (κ2) is 4.56. The van der Waals surface area contributed by atoms with Gasteiger partial charge in [0.2, 0.25) is 0 Å². The number of nitrogens with zero attached hydrogens (tertiary/aromatic N) is 2. The van der Waals surface area contributed by atoms with Crippen molar-refractivity contribution in [1.29, 1.82) is 0 Å². The SMILES string of the molecule is CC(C)(C)c1cc2c3c(ccn2c(=O)n1)C(C)(C)c1ccccc1-3. The average molecular weight is 318 g/mol. The first kappa shape index (κ1) is 15.1. The lowest BCUT2D eigenvalue weighted by atomic mass is 9.83. The van der Waals surface area contributed by atoms with E-state index in [-0.39, 0.29) is 16.5 Å². The Balaban J connectivity index is 2.19. The summed E-state index contributed by atoms with van der Waals surface area (Å²) in [4.78, 5) is 16.9. The molecule has 2 aromatic heterocycles. The molecule has 1 aromatic carbocycles. The molecule has 0 unspecified atom stereocenters. The van der Waals surface area contributed by atoms with Gasteiger partial charge >= 0.3 is 5.69 Å². The van der Waals surface area contributed by atoms with Crippen molar-refractivity contribution in [2.75, 3.05) is 0 Å². The molecular formula is C21H22N2O. The molecule has 0 aliphatic heterocycles. The van der Waals surface area contributed by atoms with E-state index in [2.05, 4.69) is 76.0 Å². The molecule has 3 heteroatoms. The maximum atomic E-state index is 12.6. The lowest BCUT2D eigenvalue weighted by Gasteiger charge is -2.22. The molecule has 0 bridgehead atoms. The third-order valence-corrected chi connectivity index (χ3v) is 5.18. The first-order valence-electron chi connectivity index (χ1n) is 8.38. The third kappa shape index (κ3) is 1.90. The van der Waals surface area contributed by atoms with Gasteiger partial charge in [-0.25, -0.2) is 4.79 Å². The minimum Gasteiger partial charge on any atom is -0.267 e. The van der Waals surface area contributed by atoms with Gasteiger partial charge in [-0.05, 0) is 28.8 Å². The highest BCUT2D eigenvalue weighted by atomic mass is 16.1. The molecule has 0 spiro atoms. The van der Waals surface area contributed by atoms with E-state index in [9.17, 15) is 4.79 Å². The Morgan fingerprint density at radius 2 is 1.75 bits per heavy atom. The standard InChI is InChI=1S/C21H22N2O/c1-20(2,3)17-12-16-18-13-8-6-7-9-14(13)21(4,5)15(18)10-11-23(16)19(24)22-17/h6-12H,1-5H3. The lowest BCUT2D eigenvalue weighted by Crippen LogP contribution is -2.25. The molecular weight excluding hydrogens is 296 g/mol. The smallest absolute Gasteiger partial charge is 0.267 e. The van der Waals surface area contributed by atoms with Gasteiger partial charge in [0, 0.05) is 22.6 Å². The number of pyridine rings is 1. The van der Waals surface area contributed by atoms with Crippen molar-refractivity contribution in [3.05, 3.63) is 69.9 Å². The fraction of sp³-hybridized carbons (Fsp3) is 0.333. The second-order valence-corrected chi connectivity index (χ2v) is 8.20. The van der Waals surface area contributed by atoms with Crippen LogP contribution >= 0.6 is 0 Å². The van der Waals surface area contributed by atoms with Gasteiger partial charge in [0.05, 0.1) is 11.2 Å². The molecule has 0 radical (unpaired) electrons. The number of aromatic nitrogens is 2. The summed E-state index contributed by atoms with van der Waals surface area (Å²) >= 11 is 0. The third-order valence-electron chi connectivity index (χ3n) is 5.18. The summed E-state index contributed by atoms with van der Waals surface area (Å²) < 4.78 is 1.67. The summed E-state index contributed by atoms with van der Waals surface area (Å²) in [7, 11) is 0. The van der Waals surface area contributed by atoms with Crippen molar-refractivity contribution in [1.82, 2.24) is 9.38 Å². The van der Waals surface area contributed by atoms with Crippen LogP contribution in [-0.2, 0) is 10.8 Å². The fourth-order valence-corrected chi connectivity index (χ4v) is 3.78. The average Bonchev–Trinajstić information content (AvgIpc) is 2.75. The zero-order chi connectivity index (χ0) is 17.3. The zero-order valence-electron chi connectivity index (χ0n) is 14.8. The van der Waals surface area contributed by atoms with Crippen LogP contribution in [0.5, 0.6) is 0 Å². The van der Waals surface area contributed by atoms with Gasteiger partial charge in [0.15, 0.2) is 0 Å². The van der Waals surface area contributed by atoms with E-state index in [0.29, 0.717) is 0 Å². The molecule has 24 heavy (non-hydrogen) atoms. The molecule has 0 fully saturated rings. The Labute approximate surface area is 142 Å². The molecule has 0 saturated carbocycles. The molecule has 0 N–H and O–H groups in total. The molecule has 0 amide bonds. The highest BCUT2D eigenvalue weighted by molar-refractivity contribution is 5.91. The quantitative estimate of drug-likeness (QED) is 0.619. The molecule has 1 aliphatic carbocycles. The molecule has 122 valence electrons. The molecule has 3 nitrogen and oxygen atoms in total. The van der Waals surface area contributed by atoms with Crippen molar-refractivity contribution in [2.24, 2.45) is 0 Å². The Hall–Kier alpha value is -2.42.